The molecule has 1 heterocycles. The number of benzene rings is 1. The van der Waals surface area contributed by atoms with Gasteiger partial charge < -0.3 is 11.1 Å². The minimum absolute atomic E-state index is 0.153. The zero-order valence-electron chi connectivity index (χ0n) is 12.6. The van der Waals surface area contributed by atoms with Gasteiger partial charge in [0.15, 0.2) is 0 Å². The topological polar surface area (TPSA) is 85.8 Å². The zero-order chi connectivity index (χ0) is 15.9. The Labute approximate surface area is 134 Å². The number of halogens is 1. The lowest BCUT2D eigenvalue weighted by Crippen LogP contribution is -2.27. The Morgan fingerprint density at radius 1 is 1.41 bits per heavy atom. The van der Waals surface area contributed by atoms with Crippen LogP contribution in [-0.4, -0.2) is 33.8 Å². The van der Waals surface area contributed by atoms with Crippen molar-refractivity contribution >= 4 is 17.5 Å². The van der Waals surface area contributed by atoms with Gasteiger partial charge in [-0.2, -0.15) is 0 Å². The largest absolute Gasteiger partial charge is 0.349 e. The summed E-state index contributed by atoms with van der Waals surface area (Å²) in [6.07, 6.45) is 2.34. The predicted molar refractivity (Wildman–Crippen MR) is 86.4 cm³/mol. The summed E-state index contributed by atoms with van der Waals surface area (Å²) in [5.41, 5.74) is 6.14. The van der Waals surface area contributed by atoms with Crippen LogP contribution in [-0.2, 0) is 6.42 Å². The minimum atomic E-state index is -0.295. The molecule has 1 amide bonds. The van der Waals surface area contributed by atoms with E-state index >= 15 is 0 Å². The number of carbonyl (C=O) groups is 1. The van der Waals surface area contributed by atoms with E-state index in [1.165, 1.54) is 0 Å². The van der Waals surface area contributed by atoms with Crippen LogP contribution in [0.2, 0.25) is 5.02 Å². The normalized spacial score (nSPS) is 10.7. The first-order valence-electron chi connectivity index (χ1n) is 7.36. The van der Waals surface area contributed by atoms with Crippen LogP contribution in [0.4, 0.5) is 0 Å². The highest BCUT2D eigenvalue weighted by atomic mass is 35.5. The monoisotopic (exact) mass is 321 g/mol. The molecule has 3 N–H and O–H groups in total. The van der Waals surface area contributed by atoms with E-state index < -0.39 is 0 Å². The van der Waals surface area contributed by atoms with E-state index in [0.717, 1.165) is 24.4 Å². The van der Waals surface area contributed by atoms with Gasteiger partial charge in [0, 0.05) is 13.0 Å². The van der Waals surface area contributed by atoms with Crippen molar-refractivity contribution in [2.45, 2.75) is 26.2 Å². The van der Waals surface area contributed by atoms with Gasteiger partial charge in [-0.15, -0.1) is 5.10 Å². The van der Waals surface area contributed by atoms with Gasteiger partial charge in [-0.05, 0) is 31.5 Å². The lowest BCUT2D eigenvalue weighted by Gasteiger charge is -2.06. The fourth-order valence-corrected chi connectivity index (χ4v) is 2.24. The fraction of sp³-hybridized carbons (Fsp3) is 0.400. The third-order valence-electron chi connectivity index (χ3n) is 3.10. The number of aryl methyl sites for hydroxylation is 1. The Kier molecular flexibility index (Phi) is 5.91. The first kappa shape index (κ1) is 16.5. The Hall–Kier alpha value is -1.92. The second-order valence-corrected chi connectivity index (χ2v) is 5.27. The summed E-state index contributed by atoms with van der Waals surface area (Å²) in [6, 6.07) is 7.36. The maximum absolute atomic E-state index is 12.1. The summed E-state index contributed by atoms with van der Waals surface area (Å²) in [4.78, 5) is 16.4. The van der Waals surface area contributed by atoms with Crippen molar-refractivity contribution in [2.75, 3.05) is 13.1 Å². The average Bonchev–Trinajstić information content (AvgIpc) is 2.92. The molecule has 6 nitrogen and oxygen atoms in total. The van der Waals surface area contributed by atoms with E-state index in [-0.39, 0.29) is 11.7 Å². The summed E-state index contributed by atoms with van der Waals surface area (Å²) < 4.78 is 1.64. The van der Waals surface area contributed by atoms with Crippen molar-refractivity contribution in [3.05, 3.63) is 40.9 Å². The number of hydrogen-bond donors (Lipinski definition) is 2. The third kappa shape index (κ3) is 3.84. The number of nitrogens with one attached hydrogen (secondary N) is 1. The van der Waals surface area contributed by atoms with Crippen LogP contribution in [0.15, 0.2) is 24.3 Å². The molecule has 1 aromatic heterocycles. The van der Waals surface area contributed by atoms with Crippen molar-refractivity contribution < 1.29 is 4.79 Å². The standard InChI is InChI=1S/C15H20ClN5O/c1-2-6-13-19-14(15(22)18-10-5-9-17)20-21(13)12-8-4-3-7-11(12)16/h3-4,7-8H,2,5-6,9-10,17H2,1H3,(H,18,22). The van der Waals surface area contributed by atoms with E-state index in [1.54, 1.807) is 10.7 Å². The number of carbonyl (C=O) groups excluding carboxylic acids is 1. The summed E-state index contributed by atoms with van der Waals surface area (Å²) in [7, 11) is 0. The lowest BCUT2D eigenvalue weighted by molar-refractivity contribution is 0.0943. The highest BCUT2D eigenvalue weighted by molar-refractivity contribution is 6.32. The predicted octanol–water partition coefficient (Wildman–Crippen LogP) is 1.95. The van der Waals surface area contributed by atoms with E-state index in [9.17, 15) is 4.79 Å². The molecule has 2 rings (SSSR count). The molecule has 0 atom stereocenters. The Balaban J connectivity index is 2.30. The molecule has 0 fully saturated rings. The molecule has 0 spiro atoms. The molecule has 1 aromatic carbocycles. The molecule has 0 aliphatic rings. The van der Waals surface area contributed by atoms with E-state index in [0.29, 0.717) is 24.5 Å². The number of nitrogens with two attached hydrogens (primary N) is 1. The van der Waals surface area contributed by atoms with Crippen LogP contribution in [0.3, 0.4) is 0 Å². The summed E-state index contributed by atoms with van der Waals surface area (Å²) in [5, 5.41) is 7.64. The van der Waals surface area contributed by atoms with Crippen LogP contribution in [0.25, 0.3) is 5.69 Å². The molecule has 0 bridgehead atoms. The van der Waals surface area contributed by atoms with Crippen LogP contribution >= 0.6 is 11.6 Å². The molecule has 0 saturated heterocycles. The highest BCUT2D eigenvalue weighted by Crippen LogP contribution is 2.21. The Morgan fingerprint density at radius 2 is 2.18 bits per heavy atom. The second kappa shape index (κ2) is 7.91. The number of para-hydroxylation sites is 1. The van der Waals surface area contributed by atoms with E-state index in [2.05, 4.69) is 15.4 Å². The Bertz CT molecular complexity index is 641. The SMILES string of the molecule is CCCc1nc(C(=O)NCCCN)nn1-c1ccccc1Cl. The smallest absolute Gasteiger partial charge is 0.290 e. The first-order chi connectivity index (χ1) is 10.7. The van der Waals surface area contributed by atoms with Crippen molar-refractivity contribution in [2.24, 2.45) is 5.73 Å². The molecule has 0 aliphatic heterocycles. The zero-order valence-corrected chi connectivity index (χ0v) is 13.3. The molecular formula is C15H20ClN5O. The van der Waals surface area contributed by atoms with Gasteiger partial charge in [-0.1, -0.05) is 30.7 Å². The van der Waals surface area contributed by atoms with E-state index in [1.807, 2.05) is 25.1 Å². The molecule has 0 radical (unpaired) electrons. The van der Waals surface area contributed by atoms with Crippen molar-refractivity contribution in [1.29, 1.82) is 0 Å². The van der Waals surface area contributed by atoms with Crippen LogP contribution < -0.4 is 11.1 Å². The summed E-state index contributed by atoms with van der Waals surface area (Å²) in [6.45, 7) is 3.09. The van der Waals surface area contributed by atoms with Crippen molar-refractivity contribution in [3.8, 4) is 5.69 Å². The van der Waals surface area contributed by atoms with Crippen molar-refractivity contribution in [3.63, 3.8) is 0 Å². The van der Waals surface area contributed by atoms with Crippen LogP contribution in [0.5, 0.6) is 0 Å². The van der Waals surface area contributed by atoms with Gasteiger partial charge in [0.25, 0.3) is 5.91 Å². The van der Waals surface area contributed by atoms with Crippen molar-refractivity contribution in [1.82, 2.24) is 20.1 Å². The average molecular weight is 322 g/mol. The molecule has 7 heteroatoms. The lowest BCUT2D eigenvalue weighted by atomic mass is 10.3. The molecule has 0 saturated carbocycles. The quantitative estimate of drug-likeness (QED) is 0.763. The minimum Gasteiger partial charge on any atom is -0.349 e. The number of nitrogens with zero attached hydrogens (tertiary/aromatic N) is 3. The van der Waals surface area contributed by atoms with Crippen LogP contribution in [0.1, 0.15) is 36.2 Å². The van der Waals surface area contributed by atoms with Gasteiger partial charge in [0.2, 0.25) is 5.82 Å². The summed E-state index contributed by atoms with van der Waals surface area (Å²) >= 11 is 6.22. The fourth-order valence-electron chi connectivity index (χ4n) is 2.03. The maximum Gasteiger partial charge on any atom is 0.290 e. The van der Waals surface area contributed by atoms with Gasteiger partial charge in [0.1, 0.15) is 5.82 Å². The first-order valence-corrected chi connectivity index (χ1v) is 7.74. The second-order valence-electron chi connectivity index (χ2n) is 4.86. The molecule has 0 unspecified atom stereocenters. The van der Waals surface area contributed by atoms with Crippen LogP contribution in [0, 0.1) is 0 Å². The molecule has 2 aromatic rings. The summed E-state index contributed by atoms with van der Waals surface area (Å²) in [5.74, 6) is 0.580. The number of aromatic nitrogens is 3. The number of amides is 1. The number of hydrogen-bond acceptors (Lipinski definition) is 4. The third-order valence-corrected chi connectivity index (χ3v) is 3.42. The molecule has 22 heavy (non-hydrogen) atoms. The highest BCUT2D eigenvalue weighted by Gasteiger charge is 2.17. The molecular weight excluding hydrogens is 302 g/mol. The number of rotatable bonds is 7. The molecule has 0 aliphatic carbocycles. The molecule has 118 valence electrons. The van der Waals surface area contributed by atoms with Gasteiger partial charge in [0.05, 0.1) is 10.7 Å². The Morgan fingerprint density at radius 3 is 2.86 bits per heavy atom. The maximum atomic E-state index is 12.1. The van der Waals surface area contributed by atoms with Gasteiger partial charge in [-0.25, -0.2) is 9.67 Å². The van der Waals surface area contributed by atoms with Gasteiger partial charge >= 0.3 is 0 Å². The van der Waals surface area contributed by atoms with Gasteiger partial charge in [-0.3, -0.25) is 4.79 Å². The van der Waals surface area contributed by atoms with E-state index in [4.69, 9.17) is 17.3 Å².